The summed E-state index contributed by atoms with van der Waals surface area (Å²) in [4.78, 5) is 20.1. The lowest BCUT2D eigenvalue weighted by Crippen LogP contribution is -2.31. The van der Waals surface area contributed by atoms with Gasteiger partial charge < -0.3 is 14.9 Å². The highest BCUT2D eigenvalue weighted by molar-refractivity contribution is 5.93. The maximum absolute atomic E-state index is 12.0. The zero-order valence-electron chi connectivity index (χ0n) is 11.4. The van der Waals surface area contributed by atoms with Crippen LogP contribution < -0.4 is 4.90 Å². The molecule has 0 atom stereocenters. The van der Waals surface area contributed by atoms with Crippen molar-refractivity contribution in [2.75, 3.05) is 38.2 Å². The largest absolute Gasteiger partial charge is 0.395 e. The van der Waals surface area contributed by atoms with Gasteiger partial charge in [0.25, 0.3) is 5.91 Å². The van der Waals surface area contributed by atoms with Gasteiger partial charge in [0.2, 0.25) is 0 Å². The van der Waals surface area contributed by atoms with Gasteiger partial charge in [-0.05, 0) is 31.4 Å². The summed E-state index contributed by atoms with van der Waals surface area (Å²) >= 11 is 0. The molecule has 0 spiro atoms. The van der Waals surface area contributed by atoms with Crippen LogP contribution in [0.15, 0.2) is 18.3 Å². The van der Waals surface area contributed by atoms with Crippen LogP contribution in [0.3, 0.4) is 0 Å². The molecule has 1 amide bonds. The molecule has 1 saturated heterocycles. The van der Waals surface area contributed by atoms with E-state index in [1.807, 2.05) is 12.1 Å². The number of rotatable bonds is 4. The topological polar surface area (TPSA) is 56.7 Å². The number of anilines is 1. The molecule has 1 aromatic heterocycles. The molecule has 104 valence electrons. The number of carbonyl (C=O) groups is 1. The van der Waals surface area contributed by atoms with E-state index in [0.717, 1.165) is 18.9 Å². The number of hydrogen-bond acceptors (Lipinski definition) is 4. The summed E-state index contributed by atoms with van der Waals surface area (Å²) in [5, 5.41) is 8.83. The van der Waals surface area contributed by atoms with Crippen LogP contribution in [0.4, 0.5) is 5.82 Å². The summed E-state index contributed by atoms with van der Waals surface area (Å²) in [6.07, 6.45) is 5.34. The molecule has 5 heteroatoms. The predicted molar refractivity (Wildman–Crippen MR) is 74.3 cm³/mol. The highest BCUT2D eigenvalue weighted by atomic mass is 16.3. The minimum Gasteiger partial charge on any atom is -0.395 e. The first-order valence-electron chi connectivity index (χ1n) is 6.79. The number of nitrogens with zero attached hydrogens (tertiary/aromatic N) is 3. The number of aromatic nitrogens is 1. The van der Waals surface area contributed by atoms with Crippen LogP contribution in [-0.4, -0.2) is 54.2 Å². The van der Waals surface area contributed by atoms with Crippen molar-refractivity contribution in [1.82, 2.24) is 9.88 Å². The highest BCUT2D eigenvalue weighted by Crippen LogP contribution is 2.17. The summed E-state index contributed by atoms with van der Waals surface area (Å²) < 4.78 is 0. The van der Waals surface area contributed by atoms with Gasteiger partial charge in [-0.2, -0.15) is 0 Å². The van der Waals surface area contributed by atoms with Crippen LogP contribution in [0.1, 0.15) is 29.6 Å². The first-order chi connectivity index (χ1) is 9.22. The van der Waals surface area contributed by atoms with Gasteiger partial charge in [-0.25, -0.2) is 4.98 Å². The van der Waals surface area contributed by atoms with E-state index in [-0.39, 0.29) is 12.5 Å². The van der Waals surface area contributed by atoms with Gasteiger partial charge in [0.15, 0.2) is 0 Å². The van der Waals surface area contributed by atoms with Gasteiger partial charge in [-0.15, -0.1) is 0 Å². The Balaban J connectivity index is 2.03. The number of carbonyl (C=O) groups excluding carboxylic acids is 1. The zero-order valence-corrected chi connectivity index (χ0v) is 11.4. The van der Waals surface area contributed by atoms with Gasteiger partial charge >= 0.3 is 0 Å². The van der Waals surface area contributed by atoms with E-state index in [4.69, 9.17) is 5.11 Å². The van der Waals surface area contributed by atoms with Gasteiger partial charge in [0.05, 0.1) is 12.2 Å². The third-order valence-corrected chi connectivity index (χ3v) is 3.46. The van der Waals surface area contributed by atoms with Crippen LogP contribution in [-0.2, 0) is 0 Å². The molecule has 0 aromatic carbocycles. The number of pyridine rings is 1. The normalized spacial score (nSPS) is 15.4. The van der Waals surface area contributed by atoms with Crippen LogP contribution in [0.2, 0.25) is 0 Å². The molecular weight excluding hydrogens is 242 g/mol. The monoisotopic (exact) mass is 263 g/mol. The van der Waals surface area contributed by atoms with E-state index in [2.05, 4.69) is 9.88 Å². The summed E-state index contributed by atoms with van der Waals surface area (Å²) in [5.74, 6) is 0.841. The van der Waals surface area contributed by atoms with Crippen molar-refractivity contribution < 1.29 is 9.90 Å². The Labute approximate surface area is 113 Å². The SMILES string of the molecule is CN(CCO)C(=O)c1ccc(N2CCCCC2)nc1. The van der Waals surface area contributed by atoms with Gasteiger partial charge in [-0.1, -0.05) is 0 Å². The lowest BCUT2D eigenvalue weighted by atomic mass is 10.1. The lowest BCUT2D eigenvalue weighted by molar-refractivity contribution is 0.0766. The van der Waals surface area contributed by atoms with Gasteiger partial charge in [-0.3, -0.25) is 4.79 Å². The van der Waals surface area contributed by atoms with Gasteiger partial charge in [0, 0.05) is 32.9 Å². The molecule has 2 heterocycles. The van der Waals surface area contributed by atoms with Crippen molar-refractivity contribution in [3.05, 3.63) is 23.9 Å². The molecule has 1 N–H and O–H groups in total. The highest BCUT2D eigenvalue weighted by Gasteiger charge is 2.14. The average molecular weight is 263 g/mol. The number of likely N-dealkylation sites (N-methyl/N-ethyl adjacent to an activating group) is 1. The quantitative estimate of drug-likeness (QED) is 0.885. The minimum atomic E-state index is -0.105. The Morgan fingerprint density at radius 1 is 1.37 bits per heavy atom. The van der Waals surface area contributed by atoms with Crippen LogP contribution in [0.25, 0.3) is 0 Å². The van der Waals surface area contributed by atoms with Crippen LogP contribution in [0.5, 0.6) is 0 Å². The van der Waals surface area contributed by atoms with Crippen LogP contribution >= 0.6 is 0 Å². The predicted octanol–water partition coefficient (Wildman–Crippen LogP) is 1.14. The molecule has 0 aliphatic carbocycles. The molecule has 1 fully saturated rings. The van der Waals surface area contributed by atoms with E-state index in [0.29, 0.717) is 12.1 Å². The summed E-state index contributed by atoms with van der Waals surface area (Å²) in [7, 11) is 1.68. The Hall–Kier alpha value is -1.62. The van der Waals surface area contributed by atoms with Crippen molar-refractivity contribution in [2.24, 2.45) is 0 Å². The molecule has 1 aliphatic rings. The molecule has 0 radical (unpaired) electrons. The molecule has 5 nitrogen and oxygen atoms in total. The Morgan fingerprint density at radius 2 is 2.11 bits per heavy atom. The minimum absolute atomic E-state index is 0.0263. The lowest BCUT2D eigenvalue weighted by Gasteiger charge is -2.27. The smallest absolute Gasteiger partial charge is 0.255 e. The Bertz CT molecular complexity index is 413. The molecule has 0 bridgehead atoms. The zero-order chi connectivity index (χ0) is 13.7. The number of aliphatic hydroxyl groups excluding tert-OH is 1. The Morgan fingerprint density at radius 3 is 2.68 bits per heavy atom. The maximum atomic E-state index is 12.0. The molecule has 1 aromatic rings. The maximum Gasteiger partial charge on any atom is 0.255 e. The number of aliphatic hydroxyl groups is 1. The van der Waals surface area contributed by atoms with Crippen molar-refractivity contribution in [1.29, 1.82) is 0 Å². The molecule has 0 unspecified atom stereocenters. The number of piperidine rings is 1. The van der Waals surface area contributed by atoms with E-state index >= 15 is 0 Å². The van der Waals surface area contributed by atoms with Crippen molar-refractivity contribution >= 4 is 11.7 Å². The second-order valence-corrected chi connectivity index (χ2v) is 4.90. The fourth-order valence-electron chi connectivity index (χ4n) is 2.29. The van der Waals surface area contributed by atoms with Crippen molar-refractivity contribution in [3.8, 4) is 0 Å². The van der Waals surface area contributed by atoms with Crippen LogP contribution in [0, 0.1) is 0 Å². The van der Waals surface area contributed by atoms with Gasteiger partial charge in [0.1, 0.15) is 5.82 Å². The first kappa shape index (κ1) is 13.8. The van der Waals surface area contributed by atoms with E-state index in [1.165, 1.54) is 24.2 Å². The molecule has 2 rings (SSSR count). The second-order valence-electron chi connectivity index (χ2n) is 4.90. The van der Waals surface area contributed by atoms with E-state index in [9.17, 15) is 4.79 Å². The summed E-state index contributed by atoms with van der Waals surface area (Å²) in [6.45, 7) is 2.41. The second kappa shape index (κ2) is 6.52. The van der Waals surface area contributed by atoms with Crippen molar-refractivity contribution in [2.45, 2.75) is 19.3 Å². The van der Waals surface area contributed by atoms with Crippen molar-refractivity contribution in [3.63, 3.8) is 0 Å². The van der Waals surface area contributed by atoms with E-state index < -0.39 is 0 Å². The molecule has 1 aliphatic heterocycles. The number of amides is 1. The average Bonchev–Trinajstić information content (AvgIpc) is 2.48. The molecule has 0 saturated carbocycles. The molecule has 19 heavy (non-hydrogen) atoms. The first-order valence-corrected chi connectivity index (χ1v) is 6.79. The fourth-order valence-corrected chi connectivity index (χ4v) is 2.29. The fraction of sp³-hybridized carbons (Fsp3) is 0.571. The van der Waals surface area contributed by atoms with E-state index in [1.54, 1.807) is 13.2 Å². The standard InChI is InChI=1S/C14H21N3O2/c1-16(9-10-18)14(19)12-5-6-13(15-11-12)17-7-3-2-4-8-17/h5-6,11,18H,2-4,7-10H2,1H3. The Kier molecular flexibility index (Phi) is 4.74. The third kappa shape index (κ3) is 3.44. The third-order valence-electron chi connectivity index (χ3n) is 3.46. The summed E-state index contributed by atoms with van der Waals surface area (Å²) in [6, 6.07) is 3.72. The number of hydrogen-bond donors (Lipinski definition) is 1. The molecular formula is C14H21N3O2. The summed E-state index contributed by atoms with van der Waals surface area (Å²) in [5.41, 5.74) is 0.566.